The maximum Gasteiger partial charge on any atom is 0.342 e. The molecule has 0 radical (unpaired) electrons. The molecule has 1 aliphatic heterocycles. The van der Waals surface area contributed by atoms with Crippen LogP contribution in [-0.2, 0) is 4.74 Å². The summed E-state index contributed by atoms with van der Waals surface area (Å²) in [5.41, 5.74) is -0.0961. The topological polar surface area (TPSA) is 133 Å². The van der Waals surface area contributed by atoms with Gasteiger partial charge >= 0.3 is 5.97 Å². The number of rotatable bonds is 7. The third-order valence-corrected chi connectivity index (χ3v) is 6.74. The van der Waals surface area contributed by atoms with Gasteiger partial charge in [0.25, 0.3) is 17.5 Å². The minimum absolute atomic E-state index is 0.0127. The molecule has 2 amide bonds. The molecule has 0 unspecified atom stereocenters. The molecule has 0 N–H and O–H groups in total. The van der Waals surface area contributed by atoms with Gasteiger partial charge in [0.05, 0.1) is 43.9 Å². The average molecular weight is 578 g/mol. The third-order valence-electron chi connectivity index (χ3n) is 5.72. The molecule has 0 bridgehead atoms. The molecule has 194 valence electrons. The van der Waals surface area contributed by atoms with Crippen LogP contribution in [0.25, 0.3) is 0 Å². The zero-order valence-corrected chi connectivity index (χ0v) is 21.8. The number of esters is 1. The van der Waals surface area contributed by atoms with Gasteiger partial charge < -0.3 is 9.47 Å². The fourth-order valence-electron chi connectivity index (χ4n) is 3.77. The molecule has 0 spiro atoms. The molecule has 1 aliphatic rings. The molecule has 0 aromatic heterocycles. The Morgan fingerprint density at radius 1 is 0.947 bits per heavy atom. The van der Waals surface area contributed by atoms with Crippen molar-refractivity contribution in [1.29, 1.82) is 0 Å². The van der Waals surface area contributed by atoms with E-state index in [1.54, 1.807) is 0 Å². The summed E-state index contributed by atoms with van der Waals surface area (Å²) < 4.78 is 10.3. The molecule has 0 saturated carbocycles. The highest BCUT2D eigenvalue weighted by Gasteiger charge is 2.39. The summed E-state index contributed by atoms with van der Waals surface area (Å²) in [6.45, 7) is 0.805. The van der Waals surface area contributed by atoms with E-state index in [0.29, 0.717) is 5.56 Å². The molecule has 4 rings (SSSR count). The number of nitrogens with zero attached hydrogens (tertiary/aromatic N) is 2. The highest BCUT2D eigenvalue weighted by atomic mass is 35.5. The van der Waals surface area contributed by atoms with E-state index in [4.69, 9.17) is 44.3 Å². The largest absolute Gasteiger partial charge is 0.496 e. The van der Waals surface area contributed by atoms with Crippen LogP contribution < -0.4 is 9.64 Å². The molecule has 38 heavy (non-hydrogen) atoms. The second-order valence-electron chi connectivity index (χ2n) is 8.02. The number of aryl methyl sites for hydroxylation is 1. The van der Waals surface area contributed by atoms with Gasteiger partial charge in [-0.1, -0.05) is 46.9 Å². The van der Waals surface area contributed by atoms with Crippen LogP contribution in [0.3, 0.4) is 0 Å². The summed E-state index contributed by atoms with van der Waals surface area (Å²) in [6.07, 6.45) is 0. The Balaban J connectivity index is 1.58. The zero-order chi connectivity index (χ0) is 27.9. The summed E-state index contributed by atoms with van der Waals surface area (Å²) in [4.78, 5) is 62.5. The SMILES string of the molecule is COc1cc(N2C(=O)c3cc(Cl)c(Cl)cc3C2=O)c(Cl)cc1C(=O)OCC(=O)c1ccc(C)c([N+](=O)[O-])c1. The van der Waals surface area contributed by atoms with Gasteiger partial charge in [-0.2, -0.15) is 0 Å². The van der Waals surface area contributed by atoms with Crippen LogP contribution in [-0.4, -0.2) is 42.2 Å². The van der Waals surface area contributed by atoms with E-state index in [-0.39, 0.29) is 54.4 Å². The van der Waals surface area contributed by atoms with Crippen molar-refractivity contribution in [1.82, 2.24) is 0 Å². The lowest BCUT2D eigenvalue weighted by Crippen LogP contribution is -2.29. The van der Waals surface area contributed by atoms with Gasteiger partial charge in [-0.15, -0.1) is 0 Å². The van der Waals surface area contributed by atoms with Crippen molar-refractivity contribution in [3.8, 4) is 5.75 Å². The molecular weight excluding hydrogens is 563 g/mol. The van der Waals surface area contributed by atoms with Crippen LogP contribution in [0, 0.1) is 17.0 Å². The van der Waals surface area contributed by atoms with Gasteiger partial charge in [-0.25, -0.2) is 9.69 Å². The summed E-state index contributed by atoms with van der Waals surface area (Å²) >= 11 is 18.3. The number of fused-ring (bicyclic) bond motifs is 1. The zero-order valence-electron chi connectivity index (χ0n) is 19.5. The van der Waals surface area contributed by atoms with E-state index in [2.05, 4.69) is 0 Å². The molecule has 0 aliphatic carbocycles. The predicted molar refractivity (Wildman–Crippen MR) is 138 cm³/mol. The van der Waals surface area contributed by atoms with Crippen LogP contribution in [0.2, 0.25) is 15.1 Å². The van der Waals surface area contributed by atoms with Gasteiger partial charge in [0.2, 0.25) is 5.78 Å². The Bertz CT molecular complexity index is 1530. The van der Waals surface area contributed by atoms with Gasteiger partial charge in [-0.3, -0.25) is 24.5 Å². The number of halogens is 3. The van der Waals surface area contributed by atoms with E-state index in [9.17, 15) is 29.3 Å². The summed E-state index contributed by atoms with van der Waals surface area (Å²) in [5, 5.41) is 11.1. The predicted octanol–water partition coefficient (Wildman–Crippen LogP) is 5.71. The molecule has 0 fully saturated rings. The van der Waals surface area contributed by atoms with Gasteiger partial charge in [0, 0.05) is 23.3 Å². The Hall–Kier alpha value is -3.99. The summed E-state index contributed by atoms with van der Waals surface area (Å²) in [5.74, 6) is -3.18. The molecular formula is C25H15Cl3N2O8. The fourth-order valence-corrected chi connectivity index (χ4v) is 4.34. The Kier molecular flexibility index (Phi) is 7.41. The van der Waals surface area contributed by atoms with Crippen LogP contribution >= 0.6 is 34.8 Å². The smallest absolute Gasteiger partial charge is 0.342 e. The van der Waals surface area contributed by atoms with E-state index in [1.807, 2.05) is 0 Å². The first-order chi connectivity index (χ1) is 17.9. The van der Waals surface area contributed by atoms with Gasteiger partial charge in [0.1, 0.15) is 11.3 Å². The number of methoxy groups -OCH3 is 1. The molecule has 0 saturated heterocycles. The maximum atomic E-state index is 13.0. The van der Waals surface area contributed by atoms with E-state index < -0.39 is 35.1 Å². The molecule has 10 nitrogen and oxygen atoms in total. The highest BCUT2D eigenvalue weighted by Crippen LogP contribution is 2.39. The van der Waals surface area contributed by atoms with Crippen molar-refractivity contribution in [2.45, 2.75) is 6.92 Å². The Labute approximate surface area is 229 Å². The second-order valence-corrected chi connectivity index (χ2v) is 9.24. The molecule has 3 aromatic carbocycles. The number of ether oxygens (including phenoxy) is 2. The van der Waals surface area contributed by atoms with Crippen molar-refractivity contribution in [3.63, 3.8) is 0 Å². The van der Waals surface area contributed by atoms with Crippen LogP contribution in [0.4, 0.5) is 11.4 Å². The molecule has 3 aromatic rings. The maximum absolute atomic E-state index is 13.0. The number of nitro groups is 1. The number of anilines is 1. The van der Waals surface area contributed by atoms with Gasteiger partial charge in [-0.05, 0) is 25.1 Å². The number of hydrogen-bond donors (Lipinski definition) is 0. The summed E-state index contributed by atoms with van der Waals surface area (Å²) in [6, 6.07) is 8.77. The van der Waals surface area contributed by atoms with Gasteiger partial charge in [0.15, 0.2) is 6.61 Å². The minimum atomic E-state index is -0.994. The van der Waals surface area contributed by atoms with Crippen molar-refractivity contribution < 1.29 is 33.6 Å². The number of benzene rings is 3. The second kappa shape index (κ2) is 10.4. The van der Waals surface area contributed by atoms with Crippen LogP contribution in [0.1, 0.15) is 47.0 Å². The normalized spacial score (nSPS) is 12.4. The highest BCUT2D eigenvalue weighted by molar-refractivity contribution is 6.45. The number of imide groups is 1. The fraction of sp³-hybridized carbons (Fsp3) is 0.120. The lowest BCUT2D eigenvalue weighted by Gasteiger charge is -2.18. The number of carbonyl (C=O) groups excluding carboxylic acids is 4. The minimum Gasteiger partial charge on any atom is -0.496 e. The van der Waals surface area contributed by atoms with E-state index in [0.717, 1.165) is 17.0 Å². The van der Waals surface area contributed by atoms with E-state index in [1.165, 1.54) is 44.4 Å². The molecule has 1 heterocycles. The first-order valence-corrected chi connectivity index (χ1v) is 11.8. The molecule has 0 atom stereocenters. The number of carbonyl (C=O) groups is 4. The number of Topliss-reactive ketones (excluding diaryl/α,β-unsaturated/α-hetero) is 1. The van der Waals surface area contributed by atoms with Crippen molar-refractivity contribution in [3.05, 3.63) is 95.5 Å². The lowest BCUT2D eigenvalue weighted by molar-refractivity contribution is -0.385. The average Bonchev–Trinajstić information content (AvgIpc) is 3.11. The van der Waals surface area contributed by atoms with Crippen LogP contribution in [0.5, 0.6) is 5.75 Å². The third kappa shape index (κ3) is 4.81. The number of nitro benzene ring substituents is 1. The van der Waals surface area contributed by atoms with Crippen LogP contribution in [0.15, 0.2) is 42.5 Å². The van der Waals surface area contributed by atoms with Crippen molar-refractivity contribution >= 4 is 69.7 Å². The number of amides is 2. The Morgan fingerprint density at radius 2 is 1.55 bits per heavy atom. The lowest BCUT2D eigenvalue weighted by atomic mass is 10.1. The van der Waals surface area contributed by atoms with Crippen molar-refractivity contribution in [2.24, 2.45) is 0 Å². The number of ketones is 1. The quantitative estimate of drug-likeness (QED) is 0.115. The first kappa shape index (κ1) is 27.1. The van der Waals surface area contributed by atoms with Crippen molar-refractivity contribution in [2.75, 3.05) is 18.6 Å². The van der Waals surface area contributed by atoms with E-state index >= 15 is 0 Å². The standard InChI is InChI=1S/C25H15Cl3N2O8/c1-11-3-4-12(5-19(11)30(35)36)21(31)10-38-25(34)15-8-18(28)20(9-22(15)37-2)29-23(32)13-6-16(26)17(27)7-14(13)24(29)33/h3-9H,10H2,1-2H3. The monoisotopic (exact) mass is 576 g/mol. The Morgan fingerprint density at radius 3 is 2.11 bits per heavy atom. The first-order valence-electron chi connectivity index (χ1n) is 10.6. The summed E-state index contributed by atoms with van der Waals surface area (Å²) in [7, 11) is 1.24. The molecule has 13 heteroatoms. The number of hydrogen-bond acceptors (Lipinski definition) is 8.